The Morgan fingerprint density at radius 2 is 1.89 bits per heavy atom. The molecule has 1 aliphatic rings. The first-order valence-corrected chi connectivity index (χ1v) is 4.74. The van der Waals surface area contributed by atoms with Crippen molar-refractivity contribution in [3.05, 3.63) is 64.1 Å². The van der Waals surface area contributed by atoms with Gasteiger partial charge < -0.3 is 4.98 Å². The van der Waals surface area contributed by atoms with Crippen molar-refractivity contribution in [2.75, 3.05) is 0 Å². The van der Waals surface area contributed by atoms with E-state index in [1.54, 1.807) is 0 Å². The van der Waals surface area contributed by atoms with Crippen LogP contribution in [0.4, 0.5) is 0 Å². The number of nitrogens with zero attached hydrogens (tertiary/aromatic N) is 2. The number of allylic oxidation sites excluding steroid dienone is 1. The minimum absolute atomic E-state index is 0.162. The fourth-order valence-corrected chi connectivity index (χ4v) is 1.76. The van der Waals surface area contributed by atoms with E-state index < -0.39 is 32.8 Å². The van der Waals surface area contributed by atoms with Gasteiger partial charge in [0, 0.05) is 4.92 Å². The quantitative estimate of drug-likeness (QED) is 0.515. The Hall–Kier alpha value is -2.78. The van der Waals surface area contributed by atoms with E-state index >= 15 is 0 Å². The Labute approximate surface area is 97.3 Å². The van der Waals surface area contributed by atoms with Crippen LogP contribution in [0, 0.1) is 20.2 Å². The summed E-state index contributed by atoms with van der Waals surface area (Å²) in [6, 6.07) is -1.59. The lowest BCUT2D eigenvalue weighted by atomic mass is 9.97. The minimum Gasteiger partial charge on any atom is -0.304 e. The maximum absolute atomic E-state index is 11.5. The lowest BCUT2D eigenvalue weighted by molar-refractivity contribution is -0.519. The molecule has 10 heteroatoms. The normalized spacial score (nSPS) is 17.8. The average molecular weight is 254 g/mol. The van der Waals surface area contributed by atoms with Crippen LogP contribution in [0.15, 0.2) is 21.4 Å². The molecule has 0 saturated carbocycles. The van der Waals surface area contributed by atoms with Crippen molar-refractivity contribution in [2.24, 2.45) is 0 Å². The third kappa shape index (κ3) is 1.79. The molecule has 1 heterocycles. The van der Waals surface area contributed by atoms with E-state index in [4.69, 9.17) is 0 Å². The van der Waals surface area contributed by atoms with Crippen LogP contribution in [0.2, 0.25) is 0 Å². The average Bonchev–Trinajstić information content (AvgIpc) is 2.27. The van der Waals surface area contributed by atoms with Crippen LogP contribution < -0.4 is 11.2 Å². The zero-order valence-electron chi connectivity index (χ0n) is 8.71. The summed E-state index contributed by atoms with van der Waals surface area (Å²) >= 11 is 0. The van der Waals surface area contributed by atoms with Gasteiger partial charge in [-0.25, -0.2) is 4.79 Å². The fraction of sp³-hybridized carbons (Fsp3) is 0.250. The molecule has 0 aromatic carbocycles. The van der Waals surface area contributed by atoms with E-state index in [0.29, 0.717) is 0 Å². The molecule has 0 spiro atoms. The van der Waals surface area contributed by atoms with Gasteiger partial charge in [0.15, 0.2) is 0 Å². The second-order valence-corrected chi connectivity index (χ2v) is 3.62. The molecule has 2 rings (SSSR count). The summed E-state index contributed by atoms with van der Waals surface area (Å²) in [7, 11) is 0. The summed E-state index contributed by atoms with van der Waals surface area (Å²) in [5, 5.41) is 21.5. The second-order valence-electron chi connectivity index (χ2n) is 3.62. The largest absolute Gasteiger partial charge is 0.326 e. The first-order valence-electron chi connectivity index (χ1n) is 4.74. The number of aromatic nitrogens is 2. The summed E-state index contributed by atoms with van der Waals surface area (Å²) in [6.45, 7) is 0. The number of aromatic amines is 2. The second kappa shape index (κ2) is 3.91. The van der Waals surface area contributed by atoms with Gasteiger partial charge in [0.2, 0.25) is 0 Å². The molecule has 18 heavy (non-hydrogen) atoms. The van der Waals surface area contributed by atoms with E-state index in [-0.39, 0.29) is 17.7 Å². The van der Waals surface area contributed by atoms with Crippen LogP contribution in [0.1, 0.15) is 17.3 Å². The highest BCUT2D eigenvalue weighted by atomic mass is 16.6. The van der Waals surface area contributed by atoms with Gasteiger partial charge in [-0.15, -0.1) is 0 Å². The number of H-pyrrole nitrogens is 2. The first-order chi connectivity index (χ1) is 8.40. The number of rotatable bonds is 2. The minimum atomic E-state index is -1.59. The molecule has 1 aromatic rings. The number of nitrogens with one attached hydrogen (secondary N) is 2. The topological polar surface area (TPSA) is 152 Å². The summed E-state index contributed by atoms with van der Waals surface area (Å²) in [6.07, 6.45) is 0.455. The molecule has 1 aliphatic carbocycles. The van der Waals surface area contributed by atoms with Crippen LogP contribution in [0.25, 0.3) is 0 Å². The lowest BCUT2D eigenvalue weighted by Gasteiger charge is -2.13. The lowest BCUT2D eigenvalue weighted by Crippen LogP contribution is -2.33. The third-order valence-electron chi connectivity index (χ3n) is 2.54. The predicted molar refractivity (Wildman–Crippen MR) is 56.2 cm³/mol. The maximum Gasteiger partial charge on any atom is 0.326 e. The van der Waals surface area contributed by atoms with Crippen molar-refractivity contribution in [1.29, 1.82) is 0 Å². The van der Waals surface area contributed by atoms with Crippen molar-refractivity contribution in [3.63, 3.8) is 0 Å². The van der Waals surface area contributed by atoms with Crippen molar-refractivity contribution < 1.29 is 9.85 Å². The van der Waals surface area contributed by atoms with E-state index in [2.05, 4.69) is 4.98 Å². The molecule has 0 saturated heterocycles. The first kappa shape index (κ1) is 11.7. The van der Waals surface area contributed by atoms with Crippen LogP contribution in [0.5, 0.6) is 0 Å². The molecule has 0 amide bonds. The number of nitro groups is 2. The van der Waals surface area contributed by atoms with Crippen LogP contribution >= 0.6 is 0 Å². The SMILES string of the molecule is O=c1[nH]c2c(c(=O)[nH]1)CC([N+](=O)[O-])=CC2[N+](=O)[O-]. The van der Waals surface area contributed by atoms with Gasteiger partial charge in [-0.3, -0.25) is 30.0 Å². The smallest absolute Gasteiger partial charge is 0.304 e. The summed E-state index contributed by atoms with van der Waals surface area (Å²) in [5.74, 6) is 0. The van der Waals surface area contributed by atoms with Gasteiger partial charge >= 0.3 is 5.69 Å². The van der Waals surface area contributed by atoms with E-state index in [0.717, 1.165) is 6.08 Å². The molecule has 0 aliphatic heterocycles. The molecular weight excluding hydrogens is 248 g/mol. The Kier molecular flexibility index (Phi) is 2.54. The maximum atomic E-state index is 11.5. The van der Waals surface area contributed by atoms with E-state index in [1.807, 2.05) is 4.98 Å². The number of hydrogen-bond acceptors (Lipinski definition) is 6. The molecular formula is C8H6N4O6. The predicted octanol–water partition coefficient (Wildman–Crippen LogP) is -0.902. The molecule has 94 valence electrons. The Balaban J connectivity index is 2.70. The Morgan fingerprint density at radius 1 is 1.22 bits per heavy atom. The Bertz CT molecular complexity index is 684. The van der Waals surface area contributed by atoms with Gasteiger partial charge in [0.1, 0.15) is 5.69 Å². The van der Waals surface area contributed by atoms with Gasteiger partial charge in [-0.2, -0.15) is 0 Å². The monoisotopic (exact) mass is 254 g/mol. The molecule has 0 bridgehead atoms. The number of fused-ring (bicyclic) bond motifs is 1. The molecule has 2 N–H and O–H groups in total. The Morgan fingerprint density at radius 3 is 2.44 bits per heavy atom. The molecule has 1 atom stereocenters. The molecule has 10 nitrogen and oxygen atoms in total. The van der Waals surface area contributed by atoms with Crippen LogP contribution in [-0.4, -0.2) is 19.8 Å². The van der Waals surface area contributed by atoms with Gasteiger partial charge in [0.05, 0.1) is 23.0 Å². The zero-order valence-corrected chi connectivity index (χ0v) is 8.71. The molecule has 1 aromatic heterocycles. The van der Waals surface area contributed by atoms with Crippen molar-refractivity contribution in [2.45, 2.75) is 12.5 Å². The molecule has 1 unspecified atom stereocenters. The van der Waals surface area contributed by atoms with Crippen LogP contribution in [0.3, 0.4) is 0 Å². The number of hydrogen-bond donors (Lipinski definition) is 2. The third-order valence-corrected chi connectivity index (χ3v) is 2.54. The highest BCUT2D eigenvalue weighted by Crippen LogP contribution is 2.26. The van der Waals surface area contributed by atoms with Gasteiger partial charge in [0.25, 0.3) is 17.3 Å². The standard InChI is InChI=1S/C8H6N4O6/c13-7-4-1-3(11(15)16)2-5(12(17)18)6(4)9-8(14)10-7/h2,5H,1H2,(H2,9,10,13,14). The summed E-state index contributed by atoms with van der Waals surface area (Å²) in [4.78, 5) is 46.4. The van der Waals surface area contributed by atoms with E-state index in [9.17, 15) is 29.8 Å². The van der Waals surface area contributed by atoms with Gasteiger partial charge in [-0.1, -0.05) is 0 Å². The zero-order chi connectivity index (χ0) is 13.4. The van der Waals surface area contributed by atoms with Crippen molar-refractivity contribution in [3.8, 4) is 0 Å². The fourth-order valence-electron chi connectivity index (χ4n) is 1.76. The van der Waals surface area contributed by atoms with Gasteiger partial charge in [-0.05, 0) is 0 Å². The summed E-state index contributed by atoms with van der Waals surface area (Å²) < 4.78 is 0. The van der Waals surface area contributed by atoms with Crippen molar-refractivity contribution >= 4 is 0 Å². The van der Waals surface area contributed by atoms with Crippen LogP contribution in [-0.2, 0) is 6.42 Å². The highest BCUT2D eigenvalue weighted by Gasteiger charge is 2.35. The summed E-state index contributed by atoms with van der Waals surface area (Å²) in [5.41, 5.74) is -2.55. The van der Waals surface area contributed by atoms with E-state index in [1.165, 1.54) is 0 Å². The highest BCUT2D eigenvalue weighted by molar-refractivity contribution is 5.30. The molecule has 0 fully saturated rings. The van der Waals surface area contributed by atoms with Crippen molar-refractivity contribution in [1.82, 2.24) is 9.97 Å². The molecule has 0 radical (unpaired) electrons.